The van der Waals surface area contributed by atoms with E-state index in [4.69, 9.17) is 4.74 Å². The Hall–Kier alpha value is -3.88. The molecule has 2 N–H and O–H groups in total. The van der Waals surface area contributed by atoms with E-state index in [1.807, 2.05) is 0 Å². The molecule has 0 atom stereocenters. The second-order valence-electron chi connectivity index (χ2n) is 6.55. The number of hydrogen-bond donors (Lipinski definition) is 2. The molecule has 1 aromatic heterocycles. The van der Waals surface area contributed by atoms with Gasteiger partial charge in [0.1, 0.15) is 12.3 Å². The van der Waals surface area contributed by atoms with Gasteiger partial charge in [0, 0.05) is 18.3 Å². The van der Waals surface area contributed by atoms with Gasteiger partial charge in [0.2, 0.25) is 11.8 Å². The molecule has 0 fully saturated rings. The number of carbonyl (C=O) groups excluding carboxylic acids is 2. The number of benzene rings is 2. The monoisotopic (exact) mass is 410 g/mol. The van der Waals surface area contributed by atoms with Crippen LogP contribution in [0, 0.1) is 0 Å². The summed E-state index contributed by atoms with van der Waals surface area (Å²) in [5.41, 5.74) is -0.282. The average molecular weight is 410 g/mol. The van der Waals surface area contributed by atoms with Gasteiger partial charge in [-0.1, -0.05) is 18.2 Å². The summed E-state index contributed by atoms with van der Waals surface area (Å²) in [5, 5.41) is 3.03. The fourth-order valence-corrected chi connectivity index (χ4v) is 3.09. The van der Waals surface area contributed by atoms with Crippen LogP contribution in [0.3, 0.4) is 0 Å². The molecule has 0 aliphatic rings. The van der Waals surface area contributed by atoms with Gasteiger partial charge >= 0.3 is 5.69 Å². The second kappa shape index (κ2) is 9.08. The van der Waals surface area contributed by atoms with Crippen molar-refractivity contribution in [3.63, 3.8) is 0 Å². The number of para-hydroxylation sites is 1. The number of nitrogens with zero attached hydrogens (tertiary/aromatic N) is 2. The van der Waals surface area contributed by atoms with Gasteiger partial charge < -0.3 is 15.0 Å². The normalized spacial score (nSPS) is 10.6. The molecule has 0 saturated carbocycles. The lowest BCUT2D eigenvalue weighted by atomic mass is 10.2. The van der Waals surface area contributed by atoms with Crippen LogP contribution in [0.5, 0.6) is 5.75 Å². The van der Waals surface area contributed by atoms with Gasteiger partial charge in [-0.2, -0.15) is 0 Å². The largest absolute Gasteiger partial charge is 0.497 e. The van der Waals surface area contributed by atoms with Gasteiger partial charge in [-0.05, 0) is 31.2 Å². The quantitative estimate of drug-likeness (QED) is 0.607. The lowest BCUT2D eigenvalue weighted by Crippen LogP contribution is -2.42. The van der Waals surface area contributed by atoms with E-state index in [0.717, 1.165) is 0 Å². The van der Waals surface area contributed by atoms with E-state index in [2.05, 4.69) is 10.3 Å². The Labute approximate surface area is 171 Å². The third kappa shape index (κ3) is 4.57. The fourth-order valence-electron chi connectivity index (χ4n) is 3.09. The maximum Gasteiger partial charge on any atom is 0.329 e. The summed E-state index contributed by atoms with van der Waals surface area (Å²) < 4.78 is 6.32. The smallest absolute Gasteiger partial charge is 0.329 e. The lowest BCUT2D eigenvalue weighted by molar-refractivity contribution is -0.135. The Morgan fingerprint density at radius 1 is 1.13 bits per heavy atom. The van der Waals surface area contributed by atoms with E-state index < -0.39 is 17.2 Å². The molecule has 3 rings (SSSR count). The average Bonchev–Trinajstić information content (AvgIpc) is 2.74. The van der Waals surface area contributed by atoms with Crippen LogP contribution in [0.4, 0.5) is 5.69 Å². The number of ether oxygens (including phenoxy) is 1. The van der Waals surface area contributed by atoms with Crippen molar-refractivity contribution >= 4 is 28.4 Å². The molecule has 0 aliphatic carbocycles. The lowest BCUT2D eigenvalue weighted by Gasteiger charge is -2.21. The highest BCUT2D eigenvalue weighted by molar-refractivity contribution is 5.94. The number of nitrogens with one attached hydrogen (secondary N) is 2. The van der Waals surface area contributed by atoms with Crippen LogP contribution in [-0.2, 0) is 16.1 Å². The van der Waals surface area contributed by atoms with Crippen LogP contribution in [0.1, 0.15) is 6.92 Å². The third-order valence-electron chi connectivity index (χ3n) is 4.62. The van der Waals surface area contributed by atoms with Crippen molar-refractivity contribution in [2.45, 2.75) is 13.5 Å². The molecule has 0 saturated heterocycles. The second-order valence-corrected chi connectivity index (χ2v) is 6.55. The van der Waals surface area contributed by atoms with Crippen LogP contribution in [0.25, 0.3) is 10.9 Å². The van der Waals surface area contributed by atoms with E-state index >= 15 is 0 Å². The van der Waals surface area contributed by atoms with Gasteiger partial charge in [-0.15, -0.1) is 0 Å². The van der Waals surface area contributed by atoms with E-state index in [9.17, 15) is 19.2 Å². The number of hydrogen-bond acceptors (Lipinski definition) is 5. The number of H-pyrrole nitrogens is 1. The number of aromatic amines is 1. The Morgan fingerprint density at radius 3 is 2.63 bits per heavy atom. The summed E-state index contributed by atoms with van der Waals surface area (Å²) in [5.74, 6) is -0.199. The van der Waals surface area contributed by atoms with Gasteiger partial charge in [0.15, 0.2) is 0 Å². The standard InChI is InChI=1S/C21H22N4O5/c1-3-24(12-18(26)22-14-7-6-8-15(11-14)30-2)19(27)13-25-17-10-5-4-9-16(17)20(28)23-21(25)29/h4-11H,3,12-13H2,1-2H3,(H,22,26)(H,23,28,29). The van der Waals surface area contributed by atoms with Crippen LogP contribution >= 0.6 is 0 Å². The molecule has 2 amide bonds. The Bertz CT molecular complexity index is 1200. The molecule has 9 nitrogen and oxygen atoms in total. The fraction of sp³-hybridized carbons (Fsp3) is 0.238. The number of aromatic nitrogens is 2. The van der Waals surface area contributed by atoms with Crippen LogP contribution < -0.4 is 21.3 Å². The maximum atomic E-state index is 12.8. The zero-order valence-electron chi connectivity index (χ0n) is 16.7. The van der Waals surface area contributed by atoms with E-state index in [1.54, 1.807) is 55.5 Å². The molecule has 0 spiro atoms. The molecule has 1 heterocycles. The van der Waals surface area contributed by atoms with Crippen molar-refractivity contribution in [1.82, 2.24) is 14.5 Å². The Balaban J connectivity index is 1.75. The summed E-state index contributed by atoms with van der Waals surface area (Å²) >= 11 is 0. The molecular weight excluding hydrogens is 388 g/mol. The number of fused-ring (bicyclic) bond motifs is 1. The Morgan fingerprint density at radius 2 is 1.90 bits per heavy atom. The number of rotatable bonds is 7. The van der Waals surface area contributed by atoms with Gasteiger partial charge in [-0.3, -0.25) is 23.9 Å². The molecule has 0 unspecified atom stereocenters. The highest BCUT2D eigenvalue weighted by Crippen LogP contribution is 2.16. The third-order valence-corrected chi connectivity index (χ3v) is 4.62. The van der Waals surface area contributed by atoms with Crippen LogP contribution in [0.15, 0.2) is 58.1 Å². The summed E-state index contributed by atoms with van der Waals surface area (Å²) in [6, 6.07) is 13.4. The summed E-state index contributed by atoms with van der Waals surface area (Å²) in [4.78, 5) is 53.0. The highest BCUT2D eigenvalue weighted by atomic mass is 16.5. The SMILES string of the molecule is CCN(CC(=O)Nc1cccc(OC)c1)C(=O)Cn1c(=O)[nH]c(=O)c2ccccc21. The van der Waals surface area contributed by atoms with Crippen molar-refractivity contribution in [2.24, 2.45) is 0 Å². The number of carbonyl (C=O) groups is 2. The first-order chi connectivity index (χ1) is 14.4. The van der Waals surface area contributed by atoms with Gasteiger partial charge in [0.05, 0.1) is 24.6 Å². The van der Waals surface area contributed by atoms with Crippen molar-refractivity contribution < 1.29 is 14.3 Å². The molecule has 0 radical (unpaired) electrons. The number of anilines is 1. The first-order valence-electron chi connectivity index (χ1n) is 9.36. The topological polar surface area (TPSA) is 114 Å². The first kappa shape index (κ1) is 20.8. The van der Waals surface area contributed by atoms with Gasteiger partial charge in [0.25, 0.3) is 5.56 Å². The molecule has 156 valence electrons. The summed E-state index contributed by atoms with van der Waals surface area (Å²) in [6.45, 7) is 1.55. The minimum atomic E-state index is -0.677. The molecule has 2 aromatic carbocycles. The van der Waals surface area contributed by atoms with Crippen molar-refractivity contribution in [1.29, 1.82) is 0 Å². The first-order valence-corrected chi connectivity index (χ1v) is 9.36. The van der Waals surface area contributed by atoms with Crippen molar-refractivity contribution in [3.8, 4) is 5.75 Å². The number of likely N-dealkylation sites (N-methyl/N-ethyl adjacent to an activating group) is 1. The molecule has 9 heteroatoms. The predicted molar refractivity (Wildman–Crippen MR) is 113 cm³/mol. The summed E-state index contributed by atoms with van der Waals surface area (Å²) in [7, 11) is 1.53. The molecular formula is C21H22N4O5. The molecule has 0 bridgehead atoms. The predicted octanol–water partition coefficient (Wildman–Crippen LogP) is 1.19. The molecule has 0 aliphatic heterocycles. The maximum absolute atomic E-state index is 12.8. The van der Waals surface area contributed by atoms with Gasteiger partial charge in [-0.25, -0.2) is 4.79 Å². The highest BCUT2D eigenvalue weighted by Gasteiger charge is 2.18. The minimum Gasteiger partial charge on any atom is -0.497 e. The van der Waals surface area contributed by atoms with Crippen molar-refractivity contribution in [3.05, 3.63) is 69.4 Å². The minimum absolute atomic E-state index is 0.178. The van der Waals surface area contributed by atoms with Crippen LogP contribution in [-0.4, -0.2) is 46.5 Å². The van der Waals surface area contributed by atoms with Crippen LogP contribution in [0.2, 0.25) is 0 Å². The van der Waals surface area contributed by atoms with E-state index in [0.29, 0.717) is 22.3 Å². The van der Waals surface area contributed by atoms with E-state index in [1.165, 1.54) is 16.6 Å². The Kier molecular flexibility index (Phi) is 6.31. The van der Waals surface area contributed by atoms with Crippen molar-refractivity contribution in [2.75, 3.05) is 25.5 Å². The zero-order chi connectivity index (χ0) is 21.7. The zero-order valence-corrected chi connectivity index (χ0v) is 16.7. The van der Waals surface area contributed by atoms with E-state index in [-0.39, 0.29) is 25.5 Å². The molecule has 30 heavy (non-hydrogen) atoms. The number of methoxy groups -OCH3 is 1. The summed E-state index contributed by atoms with van der Waals surface area (Å²) in [6.07, 6.45) is 0. The number of amides is 2. The molecule has 3 aromatic rings.